The molecule has 9 heteroatoms. The van der Waals surface area contributed by atoms with Gasteiger partial charge in [-0.2, -0.15) is 0 Å². The summed E-state index contributed by atoms with van der Waals surface area (Å²) < 4.78 is 32.0. The lowest BCUT2D eigenvalue weighted by atomic mass is 10.2. The van der Waals surface area contributed by atoms with Gasteiger partial charge in [0.15, 0.2) is 0 Å². The molecule has 0 spiro atoms. The number of rotatable bonds is 6. The van der Waals surface area contributed by atoms with E-state index in [1.54, 1.807) is 0 Å². The summed E-state index contributed by atoms with van der Waals surface area (Å²) in [6.07, 6.45) is 0. The van der Waals surface area contributed by atoms with E-state index in [4.69, 9.17) is 27.9 Å². The molecule has 1 atom stereocenters. The zero-order valence-corrected chi connectivity index (χ0v) is 15.6. The van der Waals surface area contributed by atoms with Crippen LogP contribution in [0, 0.1) is 0 Å². The average Bonchev–Trinajstić information content (AvgIpc) is 2.57. The summed E-state index contributed by atoms with van der Waals surface area (Å²) in [5.74, 6) is -0.803. The smallest absolute Gasteiger partial charge is 0.327 e. The fourth-order valence-corrected chi connectivity index (χ4v) is 4.54. The number of anilines is 1. The molecule has 1 unspecified atom stereocenters. The van der Waals surface area contributed by atoms with Crippen molar-refractivity contribution in [3.8, 4) is 5.75 Å². The number of halogens is 2. The van der Waals surface area contributed by atoms with Crippen molar-refractivity contribution in [2.75, 3.05) is 11.4 Å². The fourth-order valence-electron chi connectivity index (χ4n) is 2.18. The maximum Gasteiger partial charge on any atom is 0.327 e. The summed E-state index contributed by atoms with van der Waals surface area (Å²) in [5.41, 5.74) is 0.159. The quantitative estimate of drug-likeness (QED) is 0.794. The minimum atomic E-state index is -4.28. The van der Waals surface area contributed by atoms with Crippen molar-refractivity contribution < 1.29 is 23.1 Å². The van der Waals surface area contributed by atoms with E-state index in [2.05, 4.69) is 0 Å². The maximum atomic E-state index is 13.1. The summed E-state index contributed by atoms with van der Waals surface area (Å²) in [4.78, 5) is 11.2. The molecule has 0 radical (unpaired) electrons. The number of aliphatic carboxylic acids is 1. The SMILES string of the molecule is COc1ccc(N(C(C)C(=O)O)S(=O)(=O)c2cc(Cl)ccc2Cl)cc1. The summed E-state index contributed by atoms with van der Waals surface area (Å²) in [6, 6.07) is 8.58. The van der Waals surface area contributed by atoms with Crippen LogP contribution >= 0.6 is 23.2 Å². The topological polar surface area (TPSA) is 83.9 Å². The van der Waals surface area contributed by atoms with E-state index < -0.39 is 22.0 Å². The number of carboxylic acids is 1. The van der Waals surface area contributed by atoms with Crippen molar-refractivity contribution in [2.45, 2.75) is 17.9 Å². The van der Waals surface area contributed by atoms with Crippen LogP contribution in [0.2, 0.25) is 10.0 Å². The predicted octanol–water partition coefficient (Wildman–Crippen LogP) is 3.67. The van der Waals surface area contributed by atoms with Crippen molar-refractivity contribution in [3.63, 3.8) is 0 Å². The lowest BCUT2D eigenvalue weighted by Crippen LogP contribution is -2.43. The molecule has 0 saturated heterocycles. The lowest BCUT2D eigenvalue weighted by molar-refractivity contribution is -0.137. The monoisotopic (exact) mass is 403 g/mol. The Balaban J connectivity index is 2.65. The van der Waals surface area contributed by atoms with Gasteiger partial charge in [-0.1, -0.05) is 23.2 Å². The Labute approximate surface area is 155 Å². The highest BCUT2D eigenvalue weighted by molar-refractivity contribution is 7.93. The Morgan fingerprint density at radius 2 is 1.76 bits per heavy atom. The molecular weight excluding hydrogens is 389 g/mol. The lowest BCUT2D eigenvalue weighted by Gasteiger charge is -2.28. The first-order valence-electron chi connectivity index (χ1n) is 7.05. The van der Waals surface area contributed by atoms with Crippen LogP contribution in [-0.2, 0) is 14.8 Å². The highest BCUT2D eigenvalue weighted by Crippen LogP contribution is 2.32. The number of nitrogens with zero attached hydrogens (tertiary/aromatic N) is 1. The number of carboxylic acid groups (broad SMARTS) is 1. The molecule has 0 saturated carbocycles. The summed E-state index contributed by atoms with van der Waals surface area (Å²) >= 11 is 11.9. The summed E-state index contributed by atoms with van der Waals surface area (Å²) in [5, 5.41) is 9.47. The van der Waals surface area contributed by atoms with Crippen LogP contribution in [0.4, 0.5) is 5.69 Å². The second-order valence-corrected chi connectivity index (χ2v) is 7.71. The first-order chi connectivity index (χ1) is 11.7. The van der Waals surface area contributed by atoms with Crippen LogP contribution in [-0.4, -0.2) is 32.6 Å². The average molecular weight is 404 g/mol. The molecule has 0 heterocycles. The molecule has 2 rings (SSSR count). The van der Waals surface area contributed by atoms with Gasteiger partial charge in [-0.3, -0.25) is 4.31 Å². The van der Waals surface area contributed by atoms with Crippen molar-refractivity contribution >= 4 is 44.9 Å². The van der Waals surface area contributed by atoms with Gasteiger partial charge in [-0.05, 0) is 49.4 Å². The molecule has 0 aliphatic carbocycles. The van der Waals surface area contributed by atoms with Gasteiger partial charge in [0.05, 0.1) is 17.8 Å². The van der Waals surface area contributed by atoms with E-state index in [0.29, 0.717) is 5.75 Å². The van der Waals surface area contributed by atoms with E-state index in [1.165, 1.54) is 56.5 Å². The molecule has 134 valence electrons. The molecule has 6 nitrogen and oxygen atoms in total. The van der Waals surface area contributed by atoms with Gasteiger partial charge in [-0.15, -0.1) is 0 Å². The molecule has 0 fully saturated rings. The molecule has 2 aromatic rings. The third-order valence-electron chi connectivity index (χ3n) is 3.47. The third-order valence-corrected chi connectivity index (χ3v) is 6.08. The Hall–Kier alpha value is -1.96. The first kappa shape index (κ1) is 19.4. The van der Waals surface area contributed by atoms with E-state index in [0.717, 1.165) is 4.31 Å². The molecule has 25 heavy (non-hydrogen) atoms. The van der Waals surface area contributed by atoms with Crippen LogP contribution < -0.4 is 9.04 Å². The van der Waals surface area contributed by atoms with Gasteiger partial charge in [0.25, 0.3) is 10.0 Å². The molecule has 0 bridgehead atoms. The van der Waals surface area contributed by atoms with E-state index >= 15 is 0 Å². The largest absolute Gasteiger partial charge is 0.497 e. The van der Waals surface area contributed by atoms with Gasteiger partial charge in [0.2, 0.25) is 0 Å². The number of hydrogen-bond acceptors (Lipinski definition) is 4. The molecule has 0 aromatic heterocycles. The van der Waals surface area contributed by atoms with Crippen molar-refractivity contribution in [3.05, 3.63) is 52.5 Å². The second kappa shape index (κ2) is 7.51. The molecule has 1 N–H and O–H groups in total. The van der Waals surface area contributed by atoms with E-state index in [9.17, 15) is 18.3 Å². The molecule has 0 amide bonds. The number of benzene rings is 2. The van der Waals surface area contributed by atoms with Crippen LogP contribution in [0.1, 0.15) is 6.92 Å². The van der Waals surface area contributed by atoms with Crippen LogP contribution in [0.3, 0.4) is 0 Å². The Bertz CT molecular complexity index is 884. The number of sulfonamides is 1. The minimum absolute atomic E-state index is 0.0551. The van der Waals surface area contributed by atoms with Gasteiger partial charge < -0.3 is 9.84 Å². The van der Waals surface area contributed by atoms with Crippen LogP contribution in [0.25, 0.3) is 0 Å². The van der Waals surface area contributed by atoms with Crippen molar-refractivity contribution in [1.29, 1.82) is 0 Å². The van der Waals surface area contributed by atoms with Gasteiger partial charge in [0.1, 0.15) is 16.7 Å². The zero-order chi connectivity index (χ0) is 18.8. The first-order valence-corrected chi connectivity index (χ1v) is 9.24. The molecule has 2 aromatic carbocycles. The maximum absolute atomic E-state index is 13.1. The van der Waals surface area contributed by atoms with Gasteiger partial charge in [0, 0.05) is 5.02 Å². The Morgan fingerprint density at radius 3 is 2.28 bits per heavy atom. The second-order valence-electron chi connectivity index (χ2n) is 5.09. The van der Waals surface area contributed by atoms with Crippen LogP contribution in [0.5, 0.6) is 5.75 Å². The summed E-state index contributed by atoms with van der Waals surface area (Å²) in [6.45, 7) is 1.27. The summed E-state index contributed by atoms with van der Waals surface area (Å²) in [7, 11) is -2.81. The molecule has 0 aliphatic rings. The Kier molecular flexibility index (Phi) is 5.82. The minimum Gasteiger partial charge on any atom is -0.497 e. The zero-order valence-electron chi connectivity index (χ0n) is 13.3. The molecular formula is C16H15Cl2NO5S. The number of methoxy groups -OCH3 is 1. The van der Waals surface area contributed by atoms with Crippen LogP contribution in [0.15, 0.2) is 47.4 Å². The normalized spacial score (nSPS) is 12.5. The number of carbonyl (C=O) groups is 1. The van der Waals surface area contributed by atoms with Gasteiger partial charge >= 0.3 is 5.97 Å². The molecule has 0 aliphatic heterocycles. The number of hydrogen-bond donors (Lipinski definition) is 1. The fraction of sp³-hybridized carbons (Fsp3) is 0.188. The van der Waals surface area contributed by atoms with E-state index in [-0.39, 0.29) is 20.6 Å². The Morgan fingerprint density at radius 1 is 1.16 bits per heavy atom. The third kappa shape index (κ3) is 4.00. The standard InChI is InChI=1S/C16H15Cl2NO5S/c1-10(16(20)21)19(12-4-6-13(24-2)7-5-12)25(22,23)15-9-11(17)3-8-14(15)18/h3-10H,1-2H3,(H,20,21). The highest BCUT2D eigenvalue weighted by atomic mass is 35.5. The van der Waals surface area contributed by atoms with Gasteiger partial charge in [-0.25, -0.2) is 13.2 Å². The highest BCUT2D eigenvalue weighted by Gasteiger charge is 2.34. The van der Waals surface area contributed by atoms with E-state index in [1.807, 2.05) is 0 Å². The predicted molar refractivity (Wildman–Crippen MR) is 96.2 cm³/mol. The number of ether oxygens (including phenoxy) is 1. The van der Waals surface area contributed by atoms with Crippen molar-refractivity contribution in [1.82, 2.24) is 0 Å². The van der Waals surface area contributed by atoms with Crippen molar-refractivity contribution in [2.24, 2.45) is 0 Å².